The van der Waals surface area contributed by atoms with Gasteiger partial charge in [0.25, 0.3) is 0 Å². The topological polar surface area (TPSA) is 32.7 Å². The lowest BCUT2D eigenvalue weighted by molar-refractivity contribution is 0.0732. The Morgan fingerprint density at radius 2 is 2.06 bits per heavy atom. The molecule has 0 aliphatic heterocycles. The lowest BCUT2D eigenvalue weighted by Crippen LogP contribution is -2.43. The average Bonchev–Trinajstić information content (AvgIpc) is 2.31. The molecule has 1 rings (SSSR count). The minimum absolute atomic E-state index is 0.130. The summed E-state index contributed by atoms with van der Waals surface area (Å²) < 4.78 is 6.27. The molecule has 0 radical (unpaired) electrons. The van der Waals surface area contributed by atoms with Gasteiger partial charge in [-0.3, -0.25) is 4.90 Å². The molecule has 0 saturated heterocycles. The van der Waals surface area contributed by atoms with E-state index in [1.165, 1.54) is 0 Å². The Bertz CT molecular complexity index is 380. The molecule has 0 unspecified atom stereocenters. The van der Waals surface area contributed by atoms with Crippen LogP contribution in [0.15, 0.2) is 22.7 Å². The van der Waals surface area contributed by atoms with E-state index in [0.717, 1.165) is 22.3 Å². The molecule has 96 valence electrons. The van der Waals surface area contributed by atoms with Gasteiger partial charge in [0.15, 0.2) is 0 Å². The van der Waals surface area contributed by atoms with Gasteiger partial charge >= 0.3 is 0 Å². The maximum atomic E-state index is 9.33. The van der Waals surface area contributed by atoms with Crippen molar-refractivity contribution in [3.8, 4) is 5.75 Å². The van der Waals surface area contributed by atoms with Crippen LogP contribution >= 0.6 is 15.9 Å². The molecule has 0 bridgehead atoms. The fourth-order valence-corrected chi connectivity index (χ4v) is 1.76. The normalized spacial score (nSPS) is 11.9. The third-order valence-electron chi connectivity index (χ3n) is 3.08. The van der Waals surface area contributed by atoms with E-state index in [1.807, 2.05) is 39.1 Å². The SMILES string of the molecule is COc1ccc(Br)c(CN(C)C(C)(C)CO)c1. The molecule has 0 amide bonds. The average molecular weight is 302 g/mol. The molecule has 0 aromatic heterocycles. The van der Waals surface area contributed by atoms with Crippen molar-refractivity contribution >= 4 is 15.9 Å². The largest absolute Gasteiger partial charge is 0.497 e. The second-order valence-electron chi connectivity index (χ2n) is 4.78. The Labute approximate surface area is 112 Å². The lowest BCUT2D eigenvalue weighted by atomic mass is 10.0. The number of hydrogen-bond donors (Lipinski definition) is 1. The number of benzene rings is 1. The Balaban J connectivity index is 2.87. The number of aliphatic hydroxyl groups is 1. The van der Waals surface area contributed by atoms with E-state index in [0.29, 0.717) is 0 Å². The van der Waals surface area contributed by atoms with Gasteiger partial charge < -0.3 is 9.84 Å². The monoisotopic (exact) mass is 301 g/mol. The van der Waals surface area contributed by atoms with Gasteiger partial charge in [-0.15, -0.1) is 0 Å². The summed E-state index contributed by atoms with van der Waals surface area (Å²) >= 11 is 3.53. The van der Waals surface area contributed by atoms with Crippen molar-refractivity contribution in [3.05, 3.63) is 28.2 Å². The van der Waals surface area contributed by atoms with Crippen molar-refractivity contribution in [2.75, 3.05) is 20.8 Å². The second kappa shape index (κ2) is 5.85. The molecule has 3 nitrogen and oxygen atoms in total. The number of hydrogen-bond acceptors (Lipinski definition) is 3. The van der Waals surface area contributed by atoms with Gasteiger partial charge in [-0.05, 0) is 44.7 Å². The van der Waals surface area contributed by atoms with Crippen LogP contribution in [0.3, 0.4) is 0 Å². The number of methoxy groups -OCH3 is 1. The first-order valence-corrected chi connectivity index (χ1v) is 6.34. The number of rotatable bonds is 5. The smallest absolute Gasteiger partial charge is 0.119 e. The van der Waals surface area contributed by atoms with Crippen LogP contribution in [0, 0.1) is 0 Å². The second-order valence-corrected chi connectivity index (χ2v) is 5.64. The summed E-state index contributed by atoms with van der Waals surface area (Å²) in [5, 5.41) is 9.33. The Kier molecular flexibility index (Phi) is 4.98. The summed E-state index contributed by atoms with van der Waals surface area (Å²) in [5.41, 5.74) is 0.913. The molecule has 0 fully saturated rings. The number of halogens is 1. The zero-order valence-electron chi connectivity index (χ0n) is 10.8. The highest BCUT2D eigenvalue weighted by molar-refractivity contribution is 9.10. The first kappa shape index (κ1) is 14.5. The number of nitrogens with zero attached hydrogens (tertiary/aromatic N) is 1. The van der Waals surface area contributed by atoms with E-state index in [9.17, 15) is 5.11 Å². The number of likely N-dealkylation sites (N-methyl/N-ethyl adjacent to an activating group) is 1. The third kappa shape index (κ3) is 3.69. The van der Waals surface area contributed by atoms with Crippen LogP contribution in [-0.4, -0.2) is 36.3 Å². The van der Waals surface area contributed by atoms with Gasteiger partial charge in [0.05, 0.1) is 13.7 Å². The third-order valence-corrected chi connectivity index (χ3v) is 3.85. The summed E-state index contributed by atoms with van der Waals surface area (Å²) in [7, 11) is 3.66. The molecular weight excluding hydrogens is 282 g/mol. The molecule has 0 spiro atoms. The van der Waals surface area contributed by atoms with E-state index in [4.69, 9.17) is 4.74 Å². The molecular formula is C13H20BrNO2. The molecule has 0 aliphatic carbocycles. The van der Waals surface area contributed by atoms with E-state index < -0.39 is 0 Å². The molecule has 1 N–H and O–H groups in total. The van der Waals surface area contributed by atoms with Crippen LogP contribution in [0.5, 0.6) is 5.75 Å². The first-order valence-electron chi connectivity index (χ1n) is 5.55. The van der Waals surface area contributed by atoms with Gasteiger partial charge in [0.1, 0.15) is 5.75 Å². The van der Waals surface area contributed by atoms with Gasteiger partial charge in [0, 0.05) is 16.6 Å². The summed E-state index contributed by atoms with van der Waals surface area (Å²) in [6, 6.07) is 5.91. The van der Waals surface area contributed by atoms with Crippen molar-refractivity contribution in [2.45, 2.75) is 25.9 Å². The highest BCUT2D eigenvalue weighted by atomic mass is 79.9. The van der Waals surface area contributed by atoms with Crippen LogP contribution in [0.4, 0.5) is 0 Å². The fraction of sp³-hybridized carbons (Fsp3) is 0.538. The lowest BCUT2D eigenvalue weighted by Gasteiger charge is -2.34. The zero-order valence-corrected chi connectivity index (χ0v) is 12.4. The van der Waals surface area contributed by atoms with Crippen LogP contribution in [-0.2, 0) is 6.54 Å². The maximum Gasteiger partial charge on any atom is 0.119 e. The van der Waals surface area contributed by atoms with Gasteiger partial charge in [-0.2, -0.15) is 0 Å². The molecule has 0 atom stereocenters. The minimum atomic E-state index is -0.234. The number of ether oxygens (including phenoxy) is 1. The highest BCUT2D eigenvalue weighted by Gasteiger charge is 2.22. The molecule has 1 aromatic carbocycles. The van der Waals surface area contributed by atoms with Gasteiger partial charge in [0.2, 0.25) is 0 Å². The van der Waals surface area contributed by atoms with Crippen molar-refractivity contribution < 1.29 is 9.84 Å². The molecule has 0 aliphatic rings. The predicted molar refractivity (Wildman–Crippen MR) is 73.3 cm³/mol. The number of aliphatic hydroxyl groups excluding tert-OH is 1. The summed E-state index contributed by atoms with van der Waals surface area (Å²) in [4.78, 5) is 2.12. The van der Waals surface area contributed by atoms with E-state index in [2.05, 4.69) is 20.8 Å². The Hall–Kier alpha value is -0.580. The molecule has 1 aromatic rings. The fourth-order valence-electron chi connectivity index (χ4n) is 1.39. The first-order chi connectivity index (χ1) is 7.90. The van der Waals surface area contributed by atoms with Crippen molar-refractivity contribution in [1.29, 1.82) is 0 Å². The van der Waals surface area contributed by atoms with Crippen LogP contribution in [0.2, 0.25) is 0 Å². The summed E-state index contributed by atoms with van der Waals surface area (Å²) in [6.45, 7) is 4.92. The summed E-state index contributed by atoms with van der Waals surface area (Å²) in [6.07, 6.45) is 0. The summed E-state index contributed by atoms with van der Waals surface area (Å²) in [5.74, 6) is 0.846. The van der Waals surface area contributed by atoms with E-state index >= 15 is 0 Å². The van der Waals surface area contributed by atoms with Crippen LogP contribution in [0.25, 0.3) is 0 Å². The predicted octanol–water partition coefficient (Wildman–Crippen LogP) is 2.66. The quantitative estimate of drug-likeness (QED) is 0.907. The van der Waals surface area contributed by atoms with Crippen molar-refractivity contribution in [1.82, 2.24) is 4.90 Å². The zero-order chi connectivity index (χ0) is 13.1. The van der Waals surface area contributed by atoms with Gasteiger partial charge in [-0.25, -0.2) is 0 Å². The van der Waals surface area contributed by atoms with E-state index in [-0.39, 0.29) is 12.1 Å². The molecule has 0 saturated carbocycles. The highest BCUT2D eigenvalue weighted by Crippen LogP contribution is 2.25. The molecule has 17 heavy (non-hydrogen) atoms. The molecule has 0 heterocycles. The van der Waals surface area contributed by atoms with Crippen molar-refractivity contribution in [3.63, 3.8) is 0 Å². The standard InChI is InChI=1S/C13H20BrNO2/c1-13(2,9-16)15(3)8-10-7-11(17-4)5-6-12(10)14/h5-7,16H,8-9H2,1-4H3. The Morgan fingerprint density at radius 1 is 1.41 bits per heavy atom. The minimum Gasteiger partial charge on any atom is -0.497 e. The van der Waals surface area contributed by atoms with E-state index in [1.54, 1.807) is 7.11 Å². The van der Waals surface area contributed by atoms with Crippen molar-refractivity contribution in [2.24, 2.45) is 0 Å². The van der Waals surface area contributed by atoms with Crippen LogP contribution in [0.1, 0.15) is 19.4 Å². The van der Waals surface area contributed by atoms with Crippen LogP contribution < -0.4 is 4.74 Å². The Morgan fingerprint density at radius 3 is 2.59 bits per heavy atom. The van der Waals surface area contributed by atoms with Gasteiger partial charge in [-0.1, -0.05) is 15.9 Å². The maximum absolute atomic E-state index is 9.33. The molecule has 4 heteroatoms.